The van der Waals surface area contributed by atoms with Gasteiger partial charge in [0.15, 0.2) is 10.7 Å². The van der Waals surface area contributed by atoms with E-state index in [-0.39, 0.29) is 27.1 Å². The molecular weight excluding hydrogens is 307 g/mol. The molecule has 0 aromatic carbocycles. The smallest absolute Gasteiger partial charge is 0.258 e. The van der Waals surface area contributed by atoms with Crippen molar-refractivity contribution in [3.63, 3.8) is 0 Å². The lowest BCUT2D eigenvalue weighted by atomic mass is 10.3. The molecule has 0 amide bonds. The van der Waals surface area contributed by atoms with E-state index in [4.69, 9.17) is 11.6 Å². The number of hydrogen-bond donors (Lipinski definition) is 0. The fraction of sp³-hybridized carbons (Fsp3) is 0.111. The van der Waals surface area contributed by atoms with Gasteiger partial charge in [0, 0.05) is 12.3 Å². The summed E-state index contributed by atoms with van der Waals surface area (Å²) in [6, 6.07) is 2.27. The number of thiazole rings is 1. The minimum absolute atomic E-state index is 0.0532. The van der Waals surface area contributed by atoms with Crippen LogP contribution in [0.5, 0.6) is 0 Å². The largest absolute Gasteiger partial charge is 0.443 e. The van der Waals surface area contributed by atoms with E-state index in [1.54, 1.807) is 0 Å². The van der Waals surface area contributed by atoms with Crippen LogP contribution in [-0.2, 0) is 6.18 Å². The fourth-order valence-corrected chi connectivity index (χ4v) is 2.20. The van der Waals surface area contributed by atoms with Crippen molar-refractivity contribution < 1.29 is 18.1 Å². The molecule has 0 fully saturated rings. The van der Waals surface area contributed by atoms with Crippen LogP contribution in [0.2, 0.25) is 5.15 Å². The van der Waals surface area contributed by atoms with Gasteiger partial charge in [0.05, 0.1) is 9.80 Å². The number of nitrogens with zero attached hydrogens (tertiary/aromatic N) is 3. The van der Waals surface area contributed by atoms with Crippen molar-refractivity contribution in [1.29, 1.82) is 0 Å². The lowest BCUT2D eigenvalue weighted by Crippen LogP contribution is -2.02. The summed E-state index contributed by atoms with van der Waals surface area (Å²) in [7, 11) is 0. The second kappa shape index (κ2) is 4.74. The van der Waals surface area contributed by atoms with Crippen LogP contribution in [0.4, 0.5) is 18.9 Å². The Balaban J connectivity index is 2.55. The molecule has 2 heterocycles. The molecule has 0 aliphatic carbocycles. The lowest BCUT2D eigenvalue weighted by Gasteiger charge is -2.00. The molecule has 0 unspecified atom stereocenters. The van der Waals surface area contributed by atoms with Crippen LogP contribution in [0.1, 0.15) is 5.01 Å². The molecule has 0 radical (unpaired) electrons. The summed E-state index contributed by atoms with van der Waals surface area (Å²) in [5.74, 6) is 0. The van der Waals surface area contributed by atoms with Gasteiger partial charge in [0.2, 0.25) is 0 Å². The number of nitro groups is 1. The first-order valence-electron chi connectivity index (χ1n) is 4.63. The van der Waals surface area contributed by atoms with Crippen molar-refractivity contribution >= 4 is 28.6 Å². The van der Waals surface area contributed by atoms with Crippen molar-refractivity contribution in [3.05, 3.63) is 38.6 Å². The van der Waals surface area contributed by atoms with Crippen molar-refractivity contribution in [2.75, 3.05) is 0 Å². The van der Waals surface area contributed by atoms with E-state index < -0.39 is 21.8 Å². The maximum Gasteiger partial charge on any atom is 0.443 e. The van der Waals surface area contributed by atoms with Crippen molar-refractivity contribution in [1.82, 2.24) is 9.97 Å². The predicted octanol–water partition coefficient (Wildman–Crippen LogP) is 3.79. The number of halogens is 4. The van der Waals surface area contributed by atoms with Crippen LogP contribution in [0.25, 0.3) is 10.6 Å². The Labute approximate surface area is 112 Å². The van der Waals surface area contributed by atoms with E-state index >= 15 is 0 Å². The minimum atomic E-state index is -4.60. The first-order chi connectivity index (χ1) is 8.79. The Kier molecular flexibility index (Phi) is 3.42. The number of aromatic nitrogens is 2. The standard InChI is InChI=1S/C9H3ClF3N3O2S/c10-6-2-1-4(16(17)18)7(15-6)5-3-14-8(19-5)9(11,12)13/h1-3H. The van der Waals surface area contributed by atoms with Gasteiger partial charge in [-0.25, -0.2) is 9.97 Å². The molecule has 0 aliphatic rings. The van der Waals surface area contributed by atoms with Gasteiger partial charge in [-0.3, -0.25) is 10.1 Å². The van der Waals surface area contributed by atoms with E-state index in [1.165, 1.54) is 6.07 Å². The molecule has 0 N–H and O–H groups in total. The monoisotopic (exact) mass is 309 g/mol. The topological polar surface area (TPSA) is 68.9 Å². The van der Waals surface area contributed by atoms with Gasteiger partial charge in [0.25, 0.3) is 5.69 Å². The van der Waals surface area contributed by atoms with E-state index in [0.29, 0.717) is 0 Å². The maximum absolute atomic E-state index is 12.4. The zero-order chi connectivity index (χ0) is 14.2. The number of alkyl halides is 3. The molecule has 0 spiro atoms. The summed E-state index contributed by atoms with van der Waals surface area (Å²) in [4.78, 5) is 16.9. The lowest BCUT2D eigenvalue weighted by molar-refractivity contribution is -0.384. The predicted molar refractivity (Wildman–Crippen MR) is 62.0 cm³/mol. The van der Waals surface area contributed by atoms with E-state index in [2.05, 4.69) is 9.97 Å². The highest BCUT2D eigenvalue weighted by atomic mass is 35.5. The van der Waals surface area contributed by atoms with Crippen LogP contribution < -0.4 is 0 Å². The molecule has 0 aliphatic heterocycles. The molecule has 100 valence electrons. The number of hydrogen-bond acceptors (Lipinski definition) is 5. The third-order valence-electron chi connectivity index (χ3n) is 2.02. The van der Waals surface area contributed by atoms with Gasteiger partial charge in [-0.05, 0) is 6.07 Å². The van der Waals surface area contributed by atoms with Crippen LogP contribution in [0, 0.1) is 10.1 Å². The molecule has 0 atom stereocenters. The van der Waals surface area contributed by atoms with Gasteiger partial charge < -0.3 is 0 Å². The van der Waals surface area contributed by atoms with Crippen LogP contribution >= 0.6 is 22.9 Å². The Morgan fingerprint density at radius 1 is 1.37 bits per heavy atom. The average molecular weight is 310 g/mol. The summed E-state index contributed by atoms with van der Waals surface area (Å²) in [6.45, 7) is 0. The molecule has 2 rings (SSSR count). The normalized spacial score (nSPS) is 11.6. The van der Waals surface area contributed by atoms with Crippen molar-refractivity contribution in [3.8, 4) is 10.6 Å². The molecule has 0 saturated carbocycles. The molecule has 5 nitrogen and oxygen atoms in total. The minimum Gasteiger partial charge on any atom is -0.258 e. The second-order valence-electron chi connectivity index (χ2n) is 3.29. The number of rotatable bonds is 2. The van der Waals surface area contributed by atoms with Gasteiger partial charge >= 0.3 is 6.18 Å². The Morgan fingerprint density at radius 3 is 2.58 bits per heavy atom. The summed E-state index contributed by atoms with van der Waals surface area (Å²) in [5, 5.41) is 9.64. The fourth-order valence-electron chi connectivity index (χ4n) is 1.27. The van der Waals surface area contributed by atoms with E-state index in [1.807, 2.05) is 0 Å². The average Bonchev–Trinajstić information content (AvgIpc) is 2.77. The van der Waals surface area contributed by atoms with Crippen molar-refractivity contribution in [2.24, 2.45) is 0 Å². The van der Waals surface area contributed by atoms with Gasteiger partial charge in [-0.2, -0.15) is 13.2 Å². The van der Waals surface area contributed by atoms with E-state index in [9.17, 15) is 23.3 Å². The highest BCUT2D eigenvalue weighted by Crippen LogP contribution is 2.38. The third-order valence-corrected chi connectivity index (χ3v) is 3.28. The summed E-state index contributed by atoms with van der Waals surface area (Å²) in [6.07, 6.45) is -3.71. The van der Waals surface area contributed by atoms with E-state index in [0.717, 1.165) is 12.3 Å². The summed E-state index contributed by atoms with van der Waals surface area (Å²) in [5.41, 5.74) is -0.660. The summed E-state index contributed by atoms with van der Waals surface area (Å²) < 4.78 is 37.3. The van der Waals surface area contributed by atoms with Gasteiger partial charge in [-0.1, -0.05) is 11.6 Å². The highest BCUT2D eigenvalue weighted by Gasteiger charge is 2.35. The number of pyridine rings is 1. The first-order valence-corrected chi connectivity index (χ1v) is 5.83. The Bertz CT molecular complexity index is 644. The molecule has 0 bridgehead atoms. The second-order valence-corrected chi connectivity index (χ2v) is 4.70. The van der Waals surface area contributed by atoms with Crippen LogP contribution in [0.3, 0.4) is 0 Å². The summed E-state index contributed by atoms with van der Waals surface area (Å²) >= 11 is 5.87. The van der Waals surface area contributed by atoms with Crippen LogP contribution in [0.15, 0.2) is 18.3 Å². The zero-order valence-corrected chi connectivity index (χ0v) is 10.4. The maximum atomic E-state index is 12.4. The molecule has 10 heteroatoms. The SMILES string of the molecule is O=[N+]([O-])c1ccc(Cl)nc1-c1cnc(C(F)(F)F)s1. The van der Waals surface area contributed by atoms with Crippen LogP contribution in [-0.4, -0.2) is 14.9 Å². The first kappa shape index (κ1) is 13.7. The highest BCUT2D eigenvalue weighted by molar-refractivity contribution is 7.15. The Morgan fingerprint density at radius 2 is 2.05 bits per heavy atom. The molecule has 0 saturated heterocycles. The molecular formula is C9H3ClF3N3O2S. The van der Waals surface area contributed by atoms with Crippen molar-refractivity contribution in [2.45, 2.75) is 6.18 Å². The quantitative estimate of drug-likeness (QED) is 0.481. The van der Waals surface area contributed by atoms with Gasteiger partial charge in [-0.15, -0.1) is 11.3 Å². The molecule has 2 aromatic rings. The third kappa shape index (κ3) is 2.82. The van der Waals surface area contributed by atoms with Gasteiger partial charge in [0.1, 0.15) is 5.15 Å². The molecule has 19 heavy (non-hydrogen) atoms. The Hall–Kier alpha value is -1.74. The zero-order valence-electron chi connectivity index (χ0n) is 8.81. The molecule has 2 aromatic heterocycles.